The number of carbonyl (C=O) groups excluding carboxylic acids is 1. The highest BCUT2D eigenvalue weighted by molar-refractivity contribution is 6.05. The van der Waals surface area contributed by atoms with Crippen LogP contribution in [-0.4, -0.2) is 26.9 Å². The predicted molar refractivity (Wildman–Crippen MR) is 96.1 cm³/mol. The fourth-order valence-corrected chi connectivity index (χ4v) is 3.08. The topological polar surface area (TPSA) is 61.9 Å². The third kappa shape index (κ3) is 3.30. The zero-order valence-corrected chi connectivity index (χ0v) is 14.2. The second-order valence-electron chi connectivity index (χ2n) is 6.49. The number of fused-ring (bicyclic) bond motifs is 1. The van der Waals surface area contributed by atoms with Gasteiger partial charge in [0.1, 0.15) is 5.69 Å². The molecule has 3 aromatic rings. The highest BCUT2D eigenvalue weighted by Gasteiger charge is 2.25. The molecule has 1 amide bonds. The van der Waals surface area contributed by atoms with Gasteiger partial charge in [0.2, 0.25) is 0 Å². The molecule has 24 heavy (non-hydrogen) atoms. The van der Waals surface area contributed by atoms with Gasteiger partial charge in [-0.2, -0.15) is 0 Å². The van der Waals surface area contributed by atoms with Gasteiger partial charge >= 0.3 is 0 Å². The van der Waals surface area contributed by atoms with Crippen LogP contribution in [0.2, 0.25) is 0 Å². The number of hydrogen-bond donors (Lipinski definition) is 1. The molecule has 1 atom stereocenters. The first-order chi connectivity index (χ1) is 11.6. The molecule has 1 aromatic carbocycles. The minimum Gasteiger partial charge on any atom is -0.361 e. The molecule has 2 aromatic heterocycles. The van der Waals surface area contributed by atoms with Crippen molar-refractivity contribution in [2.75, 3.05) is 4.90 Å². The summed E-state index contributed by atoms with van der Waals surface area (Å²) in [5, 5.41) is 1.08. The lowest BCUT2D eigenvalue weighted by atomic mass is 10.0. The van der Waals surface area contributed by atoms with E-state index in [4.69, 9.17) is 0 Å². The first-order valence-corrected chi connectivity index (χ1v) is 8.23. The molecule has 0 aliphatic rings. The van der Waals surface area contributed by atoms with Gasteiger partial charge in [0, 0.05) is 41.2 Å². The van der Waals surface area contributed by atoms with Gasteiger partial charge in [0.15, 0.2) is 0 Å². The second-order valence-corrected chi connectivity index (χ2v) is 6.49. The Hall–Kier alpha value is -2.69. The van der Waals surface area contributed by atoms with Crippen LogP contribution >= 0.6 is 0 Å². The molecule has 0 radical (unpaired) electrons. The molecular formula is C19H22N4O. The maximum atomic E-state index is 13.1. The number of aromatic nitrogens is 3. The molecule has 124 valence electrons. The molecule has 5 heteroatoms. The van der Waals surface area contributed by atoms with Crippen LogP contribution in [0, 0.1) is 5.92 Å². The third-order valence-corrected chi connectivity index (χ3v) is 4.07. The lowest BCUT2D eigenvalue weighted by Crippen LogP contribution is -2.40. The summed E-state index contributed by atoms with van der Waals surface area (Å²) in [7, 11) is 0. The molecule has 2 heterocycles. The van der Waals surface area contributed by atoms with E-state index in [0.717, 1.165) is 23.0 Å². The van der Waals surface area contributed by atoms with Gasteiger partial charge in [0.25, 0.3) is 5.91 Å². The van der Waals surface area contributed by atoms with Crippen molar-refractivity contribution < 1.29 is 4.79 Å². The van der Waals surface area contributed by atoms with Crippen LogP contribution in [0.5, 0.6) is 0 Å². The van der Waals surface area contributed by atoms with Crippen molar-refractivity contribution in [1.82, 2.24) is 15.0 Å². The van der Waals surface area contributed by atoms with Crippen molar-refractivity contribution in [2.45, 2.75) is 33.2 Å². The van der Waals surface area contributed by atoms with E-state index in [1.165, 1.54) is 6.20 Å². The Labute approximate surface area is 141 Å². The molecule has 0 saturated carbocycles. The van der Waals surface area contributed by atoms with Crippen LogP contribution in [0.3, 0.4) is 0 Å². The highest BCUT2D eigenvalue weighted by atomic mass is 16.2. The molecule has 0 aliphatic heterocycles. The summed E-state index contributed by atoms with van der Waals surface area (Å²) in [6, 6.07) is 8.09. The maximum Gasteiger partial charge on any atom is 0.278 e. The van der Waals surface area contributed by atoms with Gasteiger partial charge in [-0.15, -0.1) is 0 Å². The molecule has 0 unspecified atom stereocenters. The number of H-pyrrole nitrogens is 1. The highest BCUT2D eigenvalue weighted by Crippen LogP contribution is 2.26. The van der Waals surface area contributed by atoms with E-state index in [1.807, 2.05) is 35.4 Å². The van der Waals surface area contributed by atoms with Crippen LogP contribution in [0.1, 0.15) is 37.7 Å². The molecule has 0 saturated heterocycles. The number of carbonyl (C=O) groups is 1. The van der Waals surface area contributed by atoms with E-state index in [2.05, 4.69) is 35.7 Å². The second kappa shape index (κ2) is 6.83. The number of anilines is 1. The molecule has 0 fully saturated rings. The molecule has 3 rings (SSSR count). The minimum atomic E-state index is -0.119. The normalized spacial score (nSPS) is 12.5. The summed E-state index contributed by atoms with van der Waals surface area (Å²) in [5.41, 5.74) is 2.30. The molecular weight excluding hydrogens is 300 g/mol. The first-order valence-electron chi connectivity index (χ1n) is 8.23. The summed E-state index contributed by atoms with van der Waals surface area (Å²) in [4.78, 5) is 26.3. The number of rotatable bonds is 5. The van der Waals surface area contributed by atoms with Crippen molar-refractivity contribution in [1.29, 1.82) is 0 Å². The largest absolute Gasteiger partial charge is 0.361 e. The molecule has 0 spiro atoms. The third-order valence-electron chi connectivity index (χ3n) is 4.07. The molecule has 1 N–H and O–H groups in total. The van der Waals surface area contributed by atoms with Gasteiger partial charge in [-0.05, 0) is 43.5 Å². The standard InChI is InChI=1S/C19H22N4O/c1-13(2)10-14(3)23(19(24)18-12-20-8-9-22-18)16-4-5-17-15(11-16)6-7-21-17/h4-9,11-14,21H,10H2,1-3H3/t14-/m0/s1. The van der Waals surface area contributed by atoms with Crippen molar-refractivity contribution in [3.05, 3.63) is 54.7 Å². The minimum absolute atomic E-state index is 0.0656. The average Bonchev–Trinajstić information content (AvgIpc) is 3.03. The lowest BCUT2D eigenvalue weighted by Gasteiger charge is -2.30. The number of hydrogen-bond acceptors (Lipinski definition) is 3. The summed E-state index contributed by atoms with van der Waals surface area (Å²) in [6.07, 6.45) is 7.46. The van der Waals surface area contributed by atoms with Gasteiger partial charge < -0.3 is 9.88 Å². The van der Waals surface area contributed by atoms with E-state index in [-0.39, 0.29) is 11.9 Å². The van der Waals surface area contributed by atoms with Crippen LogP contribution in [-0.2, 0) is 0 Å². The number of amides is 1. The fourth-order valence-electron chi connectivity index (χ4n) is 3.08. The smallest absolute Gasteiger partial charge is 0.278 e. The predicted octanol–water partition coefficient (Wildman–Crippen LogP) is 4.04. The van der Waals surface area contributed by atoms with Gasteiger partial charge in [0.05, 0.1) is 6.20 Å². The molecule has 0 aliphatic carbocycles. The van der Waals surface area contributed by atoms with Gasteiger partial charge in [-0.3, -0.25) is 9.78 Å². The zero-order chi connectivity index (χ0) is 17.1. The van der Waals surface area contributed by atoms with Crippen molar-refractivity contribution >= 4 is 22.5 Å². The van der Waals surface area contributed by atoms with E-state index in [1.54, 1.807) is 12.4 Å². The maximum absolute atomic E-state index is 13.1. The monoisotopic (exact) mass is 322 g/mol. The average molecular weight is 322 g/mol. The Morgan fingerprint density at radius 2 is 2.04 bits per heavy atom. The fraction of sp³-hybridized carbons (Fsp3) is 0.316. The zero-order valence-electron chi connectivity index (χ0n) is 14.2. The first kappa shape index (κ1) is 16.2. The summed E-state index contributed by atoms with van der Waals surface area (Å²) in [6.45, 7) is 6.41. The van der Waals surface area contributed by atoms with E-state index in [0.29, 0.717) is 11.6 Å². The Morgan fingerprint density at radius 3 is 2.75 bits per heavy atom. The Bertz CT molecular complexity index is 826. The van der Waals surface area contributed by atoms with Crippen LogP contribution < -0.4 is 4.90 Å². The number of nitrogens with one attached hydrogen (secondary N) is 1. The summed E-state index contributed by atoms with van der Waals surface area (Å²) < 4.78 is 0. The van der Waals surface area contributed by atoms with Crippen molar-refractivity contribution in [2.24, 2.45) is 5.92 Å². The van der Waals surface area contributed by atoms with E-state index >= 15 is 0 Å². The van der Waals surface area contributed by atoms with Gasteiger partial charge in [-0.1, -0.05) is 13.8 Å². The van der Waals surface area contributed by atoms with Crippen LogP contribution in [0.25, 0.3) is 10.9 Å². The molecule has 0 bridgehead atoms. The Balaban J connectivity index is 2.02. The number of nitrogens with zero attached hydrogens (tertiary/aromatic N) is 3. The van der Waals surface area contributed by atoms with E-state index in [9.17, 15) is 4.79 Å². The Kier molecular flexibility index (Phi) is 4.60. The number of aromatic amines is 1. The summed E-state index contributed by atoms with van der Waals surface area (Å²) in [5.74, 6) is 0.374. The number of benzene rings is 1. The SMILES string of the molecule is CC(C)C[C@H](C)N(C(=O)c1cnccn1)c1ccc2[nH]ccc2c1. The Morgan fingerprint density at radius 1 is 1.21 bits per heavy atom. The summed E-state index contributed by atoms with van der Waals surface area (Å²) >= 11 is 0. The quantitative estimate of drug-likeness (QED) is 0.771. The van der Waals surface area contributed by atoms with Crippen LogP contribution in [0.4, 0.5) is 5.69 Å². The lowest BCUT2D eigenvalue weighted by molar-refractivity contribution is 0.0970. The van der Waals surface area contributed by atoms with Crippen molar-refractivity contribution in [3.8, 4) is 0 Å². The van der Waals surface area contributed by atoms with Crippen LogP contribution in [0.15, 0.2) is 49.1 Å². The van der Waals surface area contributed by atoms with E-state index < -0.39 is 0 Å². The van der Waals surface area contributed by atoms with Gasteiger partial charge in [-0.25, -0.2) is 4.98 Å². The van der Waals surface area contributed by atoms with Crippen molar-refractivity contribution in [3.63, 3.8) is 0 Å². The molecule has 5 nitrogen and oxygen atoms in total.